The van der Waals surface area contributed by atoms with Crippen LogP contribution in [0.15, 0.2) is 60.7 Å². The van der Waals surface area contributed by atoms with Crippen molar-refractivity contribution in [1.29, 1.82) is 0 Å². The summed E-state index contributed by atoms with van der Waals surface area (Å²) in [6.07, 6.45) is 3.89. The molecule has 1 heterocycles. The van der Waals surface area contributed by atoms with Crippen LogP contribution in [0.1, 0.15) is 28.5 Å². The van der Waals surface area contributed by atoms with Crippen molar-refractivity contribution in [1.82, 2.24) is 4.98 Å². The quantitative estimate of drug-likeness (QED) is 0.662. The summed E-state index contributed by atoms with van der Waals surface area (Å²) in [7, 11) is 0. The summed E-state index contributed by atoms with van der Waals surface area (Å²) in [6.45, 7) is 2.15. The molecule has 0 saturated heterocycles. The van der Waals surface area contributed by atoms with Gasteiger partial charge in [-0.25, -0.2) is 9.78 Å². The number of ether oxygens (including phenoxy) is 1. The summed E-state index contributed by atoms with van der Waals surface area (Å²) in [5.74, 6) is -0.319. The molecule has 0 amide bonds. The van der Waals surface area contributed by atoms with E-state index < -0.39 is 0 Å². The van der Waals surface area contributed by atoms with Gasteiger partial charge in [0.15, 0.2) is 0 Å². The molecule has 0 aliphatic carbocycles. The maximum absolute atomic E-state index is 12.2. The van der Waals surface area contributed by atoms with E-state index in [1.807, 2.05) is 66.7 Å². The standard InChI is InChI=1S/C20H17NO2/c1-2-23-20(22)18-14-16(13-12-15-8-4-3-5-9-15)21-19-11-7-6-10-17(18)19/h3-14H,2H2,1H3. The first kappa shape index (κ1) is 15.0. The summed E-state index contributed by atoms with van der Waals surface area (Å²) >= 11 is 0. The Morgan fingerprint density at radius 2 is 1.78 bits per heavy atom. The highest BCUT2D eigenvalue weighted by atomic mass is 16.5. The van der Waals surface area contributed by atoms with Crippen molar-refractivity contribution < 1.29 is 9.53 Å². The van der Waals surface area contributed by atoms with Gasteiger partial charge in [0.25, 0.3) is 0 Å². The van der Waals surface area contributed by atoms with Gasteiger partial charge in [0.05, 0.1) is 23.4 Å². The smallest absolute Gasteiger partial charge is 0.338 e. The largest absolute Gasteiger partial charge is 0.462 e. The Kier molecular flexibility index (Phi) is 4.48. The van der Waals surface area contributed by atoms with E-state index in [1.165, 1.54) is 0 Å². The Labute approximate surface area is 135 Å². The lowest BCUT2D eigenvalue weighted by molar-refractivity contribution is 0.0528. The van der Waals surface area contributed by atoms with Crippen LogP contribution in [-0.4, -0.2) is 17.6 Å². The van der Waals surface area contributed by atoms with E-state index in [2.05, 4.69) is 4.98 Å². The highest BCUT2D eigenvalue weighted by Gasteiger charge is 2.12. The SMILES string of the molecule is CCOC(=O)c1cc(C=Cc2ccccc2)nc2ccccc12. The van der Waals surface area contributed by atoms with Crippen molar-refractivity contribution in [2.45, 2.75) is 6.92 Å². The third kappa shape index (κ3) is 3.46. The van der Waals surface area contributed by atoms with Gasteiger partial charge in [0, 0.05) is 5.39 Å². The molecule has 0 fully saturated rings. The lowest BCUT2D eigenvalue weighted by Crippen LogP contribution is -2.06. The maximum atomic E-state index is 12.2. The normalized spacial score (nSPS) is 11.0. The topological polar surface area (TPSA) is 39.2 Å². The molecule has 0 saturated carbocycles. The van der Waals surface area contributed by atoms with Crippen LogP contribution < -0.4 is 0 Å². The number of hydrogen-bond acceptors (Lipinski definition) is 3. The highest BCUT2D eigenvalue weighted by Crippen LogP contribution is 2.20. The monoisotopic (exact) mass is 303 g/mol. The predicted molar refractivity (Wildman–Crippen MR) is 93.1 cm³/mol. The molecule has 0 unspecified atom stereocenters. The first-order chi connectivity index (χ1) is 11.3. The van der Waals surface area contributed by atoms with Crippen LogP contribution in [0, 0.1) is 0 Å². The van der Waals surface area contributed by atoms with Gasteiger partial charge in [-0.1, -0.05) is 54.6 Å². The molecule has 3 rings (SSSR count). The second-order valence-corrected chi connectivity index (χ2v) is 5.08. The van der Waals surface area contributed by atoms with E-state index in [1.54, 1.807) is 13.0 Å². The molecule has 0 N–H and O–H groups in total. The summed E-state index contributed by atoms with van der Waals surface area (Å²) in [6, 6.07) is 19.4. The molecule has 0 spiro atoms. The third-order valence-corrected chi connectivity index (χ3v) is 3.48. The highest BCUT2D eigenvalue weighted by molar-refractivity contribution is 6.04. The van der Waals surface area contributed by atoms with Crippen molar-refractivity contribution in [3.63, 3.8) is 0 Å². The van der Waals surface area contributed by atoms with Crippen LogP contribution >= 0.6 is 0 Å². The number of esters is 1. The molecule has 3 heteroatoms. The summed E-state index contributed by atoms with van der Waals surface area (Å²) < 4.78 is 5.16. The molecule has 1 aromatic heterocycles. The number of benzene rings is 2. The number of rotatable bonds is 4. The number of aromatic nitrogens is 1. The first-order valence-corrected chi connectivity index (χ1v) is 7.58. The summed E-state index contributed by atoms with van der Waals surface area (Å²) in [5, 5.41) is 0.808. The minimum absolute atomic E-state index is 0.319. The average Bonchev–Trinajstić information content (AvgIpc) is 2.60. The van der Waals surface area contributed by atoms with Crippen molar-refractivity contribution in [2.24, 2.45) is 0 Å². The van der Waals surface area contributed by atoms with Gasteiger partial charge in [0.2, 0.25) is 0 Å². The number of carbonyl (C=O) groups is 1. The predicted octanol–water partition coefficient (Wildman–Crippen LogP) is 4.58. The Bertz CT molecular complexity index is 854. The van der Waals surface area contributed by atoms with Gasteiger partial charge in [-0.05, 0) is 30.7 Å². The minimum atomic E-state index is -0.319. The van der Waals surface area contributed by atoms with E-state index in [0.29, 0.717) is 12.2 Å². The maximum Gasteiger partial charge on any atom is 0.338 e. The van der Waals surface area contributed by atoms with Crippen LogP contribution in [0.25, 0.3) is 23.1 Å². The lowest BCUT2D eigenvalue weighted by Gasteiger charge is -2.07. The molecule has 0 radical (unpaired) electrons. The van der Waals surface area contributed by atoms with Crippen LogP contribution in [-0.2, 0) is 4.74 Å². The molecule has 3 nitrogen and oxygen atoms in total. The number of hydrogen-bond donors (Lipinski definition) is 0. The van der Waals surface area contributed by atoms with Gasteiger partial charge in [0.1, 0.15) is 0 Å². The number of nitrogens with zero attached hydrogens (tertiary/aromatic N) is 1. The van der Waals surface area contributed by atoms with Gasteiger partial charge in [-0.2, -0.15) is 0 Å². The second-order valence-electron chi connectivity index (χ2n) is 5.08. The zero-order chi connectivity index (χ0) is 16.1. The van der Waals surface area contributed by atoms with Crippen molar-refractivity contribution in [3.05, 3.63) is 77.5 Å². The molecule has 0 bridgehead atoms. The Morgan fingerprint density at radius 1 is 1.04 bits per heavy atom. The Balaban J connectivity index is 2.04. The molecular formula is C20H17NO2. The number of fused-ring (bicyclic) bond motifs is 1. The minimum Gasteiger partial charge on any atom is -0.462 e. The number of pyridine rings is 1. The zero-order valence-electron chi connectivity index (χ0n) is 12.9. The van der Waals surface area contributed by atoms with Gasteiger partial charge >= 0.3 is 5.97 Å². The van der Waals surface area contributed by atoms with Crippen LogP contribution in [0.4, 0.5) is 0 Å². The zero-order valence-corrected chi connectivity index (χ0v) is 12.9. The molecule has 2 aromatic carbocycles. The van der Waals surface area contributed by atoms with E-state index in [4.69, 9.17) is 4.74 Å². The van der Waals surface area contributed by atoms with E-state index >= 15 is 0 Å². The van der Waals surface area contributed by atoms with E-state index in [0.717, 1.165) is 22.2 Å². The molecule has 114 valence electrons. The van der Waals surface area contributed by atoms with E-state index in [9.17, 15) is 4.79 Å². The Hall–Kier alpha value is -2.94. The third-order valence-electron chi connectivity index (χ3n) is 3.48. The van der Waals surface area contributed by atoms with E-state index in [-0.39, 0.29) is 5.97 Å². The molecule has 0 aliphatic heterocycles. The fourth-order valence-corrected chi connectivity index (χ4v) is 2.40. The molecule has 3 aromatic rings. The fraction of sp³-hybridized carbons (Fsp3) is 0.100. The van der Waals surface area contributed by atoms with Gasteiger partial charge in [-0.3, -0.25) is 0 Å². The molecular weight excluding hydrogens is 286 g/mol. The van der Waals surface area contributed by atoms with Crippen molar-refractivity contribution >= 4 is 29.0 Å². The summed E-state index contributed by atoms with van der Waals surface area (Å²) in [5.41, 5.74) is 3.15. The second kappa shape index (κ2) is 6.88. The number of carbonyl (C=O) groups excluding carboxylic acids is 1. The van der Waals surface area contributed by atoms with Crippen molar-refractivity contribution in [3.8, 4) is 0 Å². The van der Waals surface area contributed by atoms with Gasteiger partial charge in [-0.15, -0.1) is 0 Å². The lowest BCUT2D eigenvalue weighted by atomic mass is 10.1. The fourth-order valence-electron chi connectivity index (χ4n) is 2.40. The Morgan fingerprint density at radius 3 is 2.57 bits per heavy atom. The van der Waals surface area contributed by atoms with Crippen molar-refractivity contribution in [2.75, 3.05) is 6.61 Å². The van der Waals surface area contributed by atoms with Crippen LogP contribution in [0.5, 0.6) is 0 Å². The van der Waals surface area contributed by atoms with Crippen LogP contribution in [0.3, 0.4) is 0 Å². The van der Waals surface area contributed by atoms with Crippen LogP contribution in [0.2, 0.25) is 0 Å². The number of para-hydroxylation sites is 1. The van der Waals surface area contributed by atoms with Gasteiger partial charge < -0.3 is 4.74 Å². The molecule has 0 aliphatic rings. The molecule has 23 heavy (non-hydrogen) atoms. The average molecular weight is 303 g/mol. The summed E-state index contributed by atoms with van der Waals surface area (Å²) in [4.78, 5) is 16.8. The first-order valence-electron chi connectivity index (χ1n) is 7.58. The molecule has 0 atom stereocenters.